The number of aromatic nitrogens is 3. The Bertz CT molecular complexity index is 898. The van der Waals surface area contributed by atoms with Crippen molar-refractivity contribution in [1.29, 1.82) is 5.26 Å². The monoisotopic (exact) mass is 331 g/mol. The van der Waals surface area contributed by atoms with Gasteiger partial charge in [0.05, 0.1) is 17.4 Å². The first-order valence-corrected chi connectivity index (χ1v) is 7.66. The molecule has 0 aliphatic rings. The van der Waals surface area contributed by atoms with Crippen LogP contribution in [0.1, 0.15) is 5.56 Å². The van der Waals surface area contributed by atoms with Gasteiger partial charge in [-0.2, -0.15) is 15.3 Å². The second-order valence-corrected chi connectivity index (χ2v) is 5.51. The summed E-state index contributed by atoms with van der Waals surface area (Å²) in [5.41, 5.74) is 3.18. The maximum absolute atomic E-state index is 9.15. The molecule has 0 spiro atoms. The topological polar surface area (TPSA) is 89.8 Å². The van der Waals surface area contributed by atoms with E-state index in [1.807, 2.05) is 61.5 Å². The smallest absolute Gasteiger partial charge is 0.249 e. The van der Waals surface area contributed by atoms with Crippen LogP contribution in [0, 0.1) is 11.3 Å². The quantitative estimate of drug-likeness (QED) is 0.741. The molecule has 0 aliphatic carbocycles. The third-order valence-corrected chi connectivity index (χ3v) is 3.51. The molecular weight excluding hydrogens is 314 g/mol. The van der Waals surface area contributed by atoms with Crippen LogP contribution < -0.4 is 15.5 Å². The summed E-state index contributed by atoms with van der Waals surface area (Å²) in [4.78, 5) is 6.41. The van der Waals surface area contributed by atoms with Crippen molar-refractivity contribution in [1.82, 2.24) is 15.2 Å². The summed E-state index contributed by atoms with van der Waals surface area (Å²) in [5.74, 6) is 0.877. The molecule has 25 heavy (non-hydrogen) atoms. The first kappa shape index (κ1) is 16.2. The van der Waals surface area contributed by atoms with Gasteiger partial charge in [0.25, 0.3) is 0 Å². The molecule has 7 nitrogen and oxygen atoms in total. The van der Waals surface area contributed by atoms with Gasteiger partial charge in [-0.05, 0) is 36.4 Å². The lowest BCUT2D eigenvalue weighted by Gasteiger charge is -2.13. The minimum atomic E-state index is 0.372. The van der Waals surface area contributed by atoms with Crippen LogP contribution in [0.25, 0.3) is 0 Å². The van der Waals surface area contributed by atoms with Gasteiger partial charge in [-0.3, -0.25) is 0 Å². The number of nitrogens with zero attached hydrogens (tertiary/aromatic N) is 5. The molecule has 3 aromatic rings. The molecule has 0 atom stereocenters. The zero-order valence-electron chi connectivity index (χ0n) is 13.9. The van der Waals surface area contributed by atoms with E-state index in [9.17, 15) is 0 Å². The van der Waals surface area contributed by atoms with Crippen molar-refractivity contribution in [2.45, 2.75) is 0 Å². The number of para-hydroxylation sites is 1. The Morgan fingerprint density at radius 1 is 1.00 bits per heavy atom. The lowest BCUT2D eigenvalue weighted by Crippen LogP contribution is -2.08. The number of benzene rings is 2. The average Bonchev–Trinajstić information content (AvgIpc) is 2.63. The highest BCUT2D eigenvalue weighted by atomic mass is 15.3. The summed E-state index contributed by atoms with van der Waals surface area (Å²) < 4.78 is 0. The van der Waals surface area contributed by atoms with Crippen LogP contribution in [0.15, 0.2) is 54.7 Å². The number of rotatable bonds is 5. The van der Waals surface area contributed by atoms with Gasteiger partial charge in [0.15, 0.2) is 5.82 Å². The van der Waals surface area contributed by atoms with Crippen LogP contribution in [-0.4, -0.2) is 29.3 Å². The molecule has 0 fully saturated rings. The number of nitrogens with one attached hydrogen (secondary N) is 2. The van der Waals surface area contributed by atoms with E-state index >= 15 is 0 Å². The van der Waals surface area contributed by atoms with Gasteiger partial charge in [-0.15, -0.1) is 5.10 Å². The molecule has 0 saturated heterocycles. The van der Waals surface area contributed by atoms with E-state index in [1.54, 1.807) is 6.07 Å². The molecule has 124 valence electrons. The number of hydrogen-bond donors (Lipinski definition) is 2. The van der Waals surface area contributed by atoms with Crippen molar-refractivity contribution in [2.75, 3.05) is 29.6 Å². The van der Waals surface area contributed by atoms with Gasteiger partial charge >= 0.3 is 0 Å². The van der Waals surface area contributed by atoms with E-state index in [4.69, 9.17) is 5.26 Å². The largest absolute Gasteiger partial charge is 0.378 e. The Hall–Kier alpha value is -3.66. The van der Waals surface area contributed by atoms with E-state index in [2.05, 4.69) is 31.9 Å². The summed E-state index contributed by atoms with van der Waals surface area (Å²) >= 11 is 0. The second kappa shape index (κ2) is 7.27. The molecule has 2 aromatic carbocycles. The fourth-order valence-corrected chi connectivity index (χ4v) is 2.22. The lowest BCUT2D eigenvalue weighted by atomic mass is 10.2. The Kier molecular flexibility index (Phi) is 4.72. The third kappa shape index (κ3) is 4.00. The molecule has 0 bridgehead atoms. The van der Waals surface area contributed by atoms with Gasteiger partial charge in [0, 0.05) is 25.5 Å². The van der Waals surface area contributed by atoms with Crippen LogP contribution in [0.3, 0.4) is 0 Å². The number of nitriles is 1. The molecule has 7 heteroatoms. The van der Waals surface area contributed by atoms with E-state index in [1.165, 1.54) is 6.20 Å². The van der Waals surface area contributed by atoms with Crippen molar-refractivity contribution in [3.8, 4) is 6.07 Å². The van der Waals surface area contributed by atoms with Crippen LogP contribution in [0.2, 0.25) is 0 Å². The van der Waals surface area contributed by atoms with Crippen LogP contribution in [-0.2, 0) is 0 Å². The zero-order valence-corrected chi connectivity index (χ0v) is 13.9. The molecule has 0 aliphatic heterocycles. The predicted molar refractivity (Wildman–Crippen MR) is 98.3 cm³/mol. The molecule has 0 radical (unpaired) electrons. The summed E-state index contributed by atoms with van der Waals surface area (Å²) in [6.07, 6.45) is 1.51. The van der Waals surface area contributed by atoms with Gasteiger partial charge in [-0.25, -0.2) is 0 Å². The van der Waals surface area contributed by atoms with Crippen LogP contribution in [0.5, 0.6) is 0 Å². The Morgan fingerprint density at radius 3 is 2.48 bits per heavy atom. The van der Waals surface area contributed by atoms with Crippen molar-refractivity contribution >= 4 is 28.8 Å². The maximum Gasteiger partial charge on any atom is 0.249 e. The van der Waals surface area contributed by atoms with Crippen molar-refractivity contribution in [2.24, 2.45) is 0 Å². The van der Waals surface area contributed by atoms with Crippen LogP contribution in [0.4, 0.5) is 28.8 Å². The van der Waals surface area contributed by atoms with Crippen LogP contribution >= 0.6 is 0 Å². The molecule has 1 heterocycles. The average molecular weight is 331 g/mol. The maximum atomic E-state index is 9.15. The molecular formula is C18H17N7. The molecule has 0 unspecified atom stereocenters. The Labute approximate surface area is 146 Å². The molecule has 0 saturated carbocycles. The van der Waals surface area contributed by atoms with E-state index in [0.29, 0.717) is 23.0 Å². The van der Waals surface area contributed by atoms with Crippen molar-refractivity contribution < 1.29 is 0 Å². The highest BCUT2D eigenvalue weighted by molar-refractivity contribution is 5.65. The Morgan fingerprint density at radius 2 is 1.76 bits per heavy atom. The van der Waals surface area contributed by atoms with Crippen molar-refractivity contribution in [3.05, 3.63) is 60.3 Å². The minimum Gasteiger partial charge on any atom is -0.378 e. The number of hydrogen-bond acceptors (Lipinski definition) is 7. The van der Waals surface area contributed by atoms with E-state index < -0.39 is 0 Å². The first-order chi connectivity index (χ1) is 12.2. The molecule has 2 N–H and O–H groups in total. The molecule has 1 aromatic heterocycles. The highest BCUT2D eigenvalue weighted by Gasteiger charge is 2.05. The zero-order chi connectivity index (χ0) is 17.6. The van der Waals surface area contributed by atoms with Gasteiger partial charge in [0.2, 0.25) is 5.95 Å². The second-order valence-electron chi connectivity index (χ2n) is 5.51. The summed E-state index contributed by atoms with van der Waals surface area (Å²) in [7, 11) is 3.98. The van der Waals surface area contributed by atoms with Crippen molar-refractivity contribution in [3.63, 3.8) is 0 Å². The van der Waals surface area contributed by atoms with E-state index in [0.717, 1.165) is 11.4 Å². The minimum absolute atomic E-state index is 0.372. The normalized spacial score (nSPS) is 9.96. The van der Waals surface area contributed by atoms with Gasteiger partial charge < -0.3 is 15.5 Å². The van der Waals surface area contributed by atoms with Gasteiger partial charge in [0.1, 0.15) is 6.07 Å². The van der Waals surface area contributed by atoms with E-state index in [-0.39, 0.29) is 0 Å². The predicted octanol–water partition coefficient (Wildman–Crippen LogP) is 3.30. The SMILES string of the molecule is CN(C)c1ccc(Nc2nncc(Nc3ccccc3C#N)n2)cc1. The lowest BCUT2D eigenvalue weighted by molar-refractivity contribution is 0.982. The standard InChI is InChI=1S/C18H17N7/c1-25(2)15-9-7-14(8-10-15)21-18-23-17(12-20-24-18)22-16-6-4-3-5-13(16)11-19/h3-10,12H,1-2H3,(H2,21,22,23,24). The Balaban J connectivity index is 1.76. The fraction of sp³-hybridized carbons (Fsp3) is 0.111. The highest BCUT2D eigenvalue weighted by Crippen LogP contribution is 2.21. The molecule has 0 amide bonds. The van der Waals surface area contributed by atoms with Gasteiger partial charge in [-0.1, -0.05) is 12.1 Å². The summed E-state index contributed by atoms with van der Waals surface area (Å²) in [5, 5.41) is 23.3. The molecule has 3 rings (SSSR count). The third-order valence-electron chi connectivity index (χ3n) is 3.51. The summed E-state index contributed by atoms with van der Waals surface area (Å²) in [6.45, 7) is 0. The first-order valence-electron chi connectivity index (χ1n) is 7.66. The summed E-state index contributed by atoms with van der Waals surface area (Å²) in [6, 6.07) is 17.3. The number of anilines is 5. The fourth-order valence-electron chi connectivity index (χ4n) is 2.22.